The second-order valence-electron chi connectivity index (χ2n) is 6.69. The molecule has 0 aromatic heterocycles. The zero-order valence-electron chi connectivity index (χ0n) is 17.7. The zero-order valence-corrected chi connectivity index (χ0v) is 20.0. The van der Waals surface area contributed by atoms with Gasteiger partial charge < -0.3 is 14.2 Å². The summed E-state index contributed by atoms with van der Waals surface area (Å²) in [7, 11) is 0. The van der Waals surface area contributed by atoms with Gasteiger partial charge in [0.15, 0.2) is 18.1 Å². The van der Waals surface area contributed by atoms with Crippen molar-refractivity contribution in [1.29, 1.82) is 0 Å². The topological polar surface area (TPSA) is 69.2 Å². The van der Waals surface area contributed by atoms with E-state index in [9.17, 15) is 4.79 Å². The Bertz CT molecular complexity index is 1120. The molecule has 172 valence electrons. The minimum atomic E-state index is -0.449. The molecule has 0 saturated carbocycles. The van der Waals surface area contributed by atoms with Gasteiger partial charge >= 0.3 is 0 Å². The number of rotatable bonds is 10. The summed E-state index contributed by atoms with van der Waals surface area (Å²) >= 11 is 17.9. The van der Waals surface area contributed by atoms with Gasteiger partial charge in [0.25, 0.3) is 5.91 Å². The first-order chi connectivity index (χ1) is 16.0. The Labute approximate surface area is 207 Å². The molecule has 0 fully saturated rings. The third kappa shape index (κ3) is 7.56. The largest absolute Gasteiger partial charge is 0.490 e. The lowest BCUT2D eigenvalue weighted by atomic mass is 10.2. The number of hydrogen-bond donors (Lipinski definition) is 1. The van der Waals surface area contributed by atoms with Crippen LogP contribution in [0.1, 0.15) is 18.1 Å². The van der Waals surface area contributed by atoms with Gasteiger partial charge in [-0.05, 0) is 60.5 Å². The molecule has 3 aromatic rings. The van der Waals surface area contributed by atoms with Crippen molar-refractivity contribution in [2.24, 2.45) is 5.10 Å². The van der Waals surface area contributed by atoms with Crippen LogP contribution in [0.5, 0.6) is 17.2 Å². The van der Waals surface area contributed by atoms with E-state index in [-0.39, 0.29) is 11.6 Å². The van der Waals surface area contributed by atoms with E-state index in [4.69, 9.17) is 49.0 Å². The lowest BCUT2D eigenvalue weighted by molar-refractivity contribution is -0.123. The minimum absolute atomic E-state index is 0.247. The molecule has 33 heavy (non-hydrogen) atoms. The highest BCUT2D eigenvalue weighted by Gasteiger charge is 2.09. The van der Waals surface area contributed by atoms with E-state index < -0.39 is 5.91 Å². The average molecular weight is 508 g/mol. The molecule has 6 nitrogen and oxygen atoms in total. The Kier molecular flexibility index (Phi) is 9.24. The first-order valence-electron chi connectivity index (χ1n) is 9.99. The lowest BCUT2D eigenvalue weighted by Gasteiger charge is -2.12. The summed E-state index contributed by atoms with van der Waals surface area (Å²) < 4.78 is 16.9. The van der Waals surface area contributed by atoms with Crippen molar-refractivity contribution in [3.63, 3.8) is 0 Å². The van der Waals surface area contributed by atoms with Crippen molar-refractivity contribution in [3.05, 3.63) is 86.9 Å². The number of halogens is 3. The first kappa shape index (κ1) is 24.7. The molecule has 0 unspecified atom stereocenters. The van der Waals surface area contributed by atoms with Gasteiger partial charge in [-0.1, -0.05) is 53.0 Å². The van der Waals surface area contributed by atoms with Gasteiger partial charge in [-0.15, -0.1) is 0 Å². The van der Waals surface area contributed by atoms with Crippen molar-refractivity contribution in [1.82, 2.24) is 5.43 Å². The van der Waals surface area contributed by atoms with Crippen LogP contribution in [0.2, 0.25) is 15.1 Å². The van der Waals surface area contributed by atoms with Crippen LogP contribution < -0.4 is 19.6 Å². The van der Waals surface area contributed by atoms with Gasteiger partial charge in [-0.3, -0.25) is 4.79 Å². The lowest BCUT2D eigenvalue weighted by Crippen LogP contribution is -2.24. The van der Waals surface area contributed by atoms with Gasteiger partial charge in [-0.25, -0.2) is 5.43 Å². The van der Waals surface area contributed by atoms with E-state index in [1.807, 2.05) is 31.2 Å². The average Bonchev–Trinajstić information content (AvgIpc) is 2.81. The molecular weight excluding hydrogens is 487 g/mol. The first-order valence-corrected chi connectivity index (χ1v) is 11.1. The van der Waals surface area contributed by atoms with Crippen LogP contribution in [-0.2, 0) is 11.4 Å². The fourth-order valence-electron chi connectivity index (χ4n) is 2.68. The SMILES string of the molecule is CCOc1cc(/C=N/NC(=O)COc2cccc(Cl)c2Cl)ccc1OCc1ccc(Cl)cc1. The van der Waals surface area contributed by atoms with Gasteiger partial charge in [-0.2, -0.15) is 5.10 Å². The Balaban J connectivity index is 1.56. The Hall–Kier alpha value is -2.93. The van der Waals surface area contributed by atoms with Crippen LogP contribution in [0.3, 0.4) is 0 Å². The number of nitrogens with zero attached hydrogens (tertiary/aromatic N) is 1. The fraction of sp³-hybridized carbons (Fsp3) is 0.167. The maximum Gasteiger partial charge on any atom is 0.277 e. The van der Waals surface area contributed by atoms with E-state index in [1.54, 1.807) is 36.4 Å². The number of ether oxygens (including phenoxy) is 3. The molecule has 1 amide bonds. The highest BCUT2D eigenvalue weighted by molar-refractivity contribution is 6.42. The molecule has 0 bridgehead atoms. The Morgan fingerprint density at radius 2 is 1.73 bits per heavy atom. The fourth-order valence-corrected chi connectivity index (χ4v) is 3.16. The number of carbonyl (C=O) groups is 1. The minimum Gasteiger partial charge on any atom is -0.490 e. The highest BCUT2D eigenvalue weighted by atomic mass is 35.5. The normalized spacial score (nSPS) is 10.8. The summed E-state index contributed by atoms with van der Waals surface area (Å²) in [4.78, 5) is 12.0. The number of hydrazone groups is 1. The maximum atomic E-state index is 12.0. The monoisotopic (exact) mass is 506 g/mol. The Morgan fingerprint density at radius 1 is 0.939 bits per heavy atom. The molecule has 0 aliphatic heterocycles. The van der Waals surface area contributed by atoms with Gasteiger partial charge in [0.1, 0.15) is 17.4 Å². The van der Waals surface area contributed by atoms with Gasteiger partial charge in [0.05, 0.1) is 17.8 Å². The predicted molar refractivity (Wildman–Crippen MR) is 131 cm³/mol. The van der Waals surface area contributed by atoms with Crippen LogP contribution in [0.15, 0.2) is 65.8 Å². The maximum absolute atomic E-state index is 12.0. The van der Waals surface area contributed by atoms with Crippen LogP contribution in [0, 0.1) is 0 Å². The summed E-state index contributed by atoms with van der Waals surface area (Å²) in [5.41, 5.74) is 4.10. The Morgan fingerprint density at radius 3 is 2.48 bits per heavy atom. The molecule has 0 atom stereocenters. The molecule has 1 N–H and O–H groups in total. The zero-order chi connectivity index (χ0) is 23.6. The number of hydrogen-bond acceptors (Lipinski definition) is 5. The summed E-state index contributed by atoms with van der Waals surface area (Å²) in [5.74, 6) is 1.04. The van der Waals surface area contributed by atoms with Crippen LogP contribution in [-0.4, -0.2) is 25.3 Å². The smallest absolute Gasteiger partial charge is 0.277 e. The van der Waals surface area contributed by atoms with Crippen molar-refractivity contribution < 1.29 is 19.0 Å². The summed E-state index contributed by atoms with van der Waals surface area (Å²) in [6, 6.07) is 17.7. The van der Waals surface area contributed by atoms with E-state index >= 15 is 0 Å². The summed E-state index contributed by atoms with van der Waals surface area (Å²) in [6.07, 6.45) is 1.50. The number of carbonyl (C=O) groups excluding carboxylic acids is 1. The van der Waals surface area contributed by atoms with Crippen molar-refractivity contribution in [2.45, 2.75) is 13.5 Å². The van der Waals surface area contributed by atoms with E-state index in [0.29, 0.717) is 40.5 Å². The molecule has 0 aliphatic rings. The van der Waals surface area contributed by atoms with Gasteiger partial charge in [0.2, 0.25) is 0 Å². The van der Waals surface area contributed by atoms with E-state index in [0.717, 1.165) is 11.1 Å². The number of benzene rings is 3. The predicted octanol–water partition coefficient (Wildman–Crippen LogP) is 6.15. The molecule has 0 aliphatic carbocycles. The molecular formula is C24H21Cl3N2O4. The van der Waals surface area contributed by atoms with Crippen molar-refractivity contribution in [2.75, 3.05) is 13.2 Å². The van der Waals surface area contributed by atoms with Crippen LogP contribution in [0.25, 0.3) is 0 Å². The van der Waals surface area contributed by atoms with Crippen LogP contribution >= 0.6 is 34.8 Å². The molecule has 3 aromatic carbocycles. The van der Waals surface area contributed by atoms with Crippen molar-refractivity contribution in [3.8, 4) is 17.2 Å². The molecule has 0 radical (unpaired) electrons. The van der Waals surface area contributed by atoms with Crippen molar-refractivity contribution >= 4 is 46.9 Å². The molecule has 0 heterocycles. The van der Waals surface area contributed by atoms with E-state index in [2.05, 4.69) is 10.5 Å². The summed E-state index contributed by atoms with van der Waals surface area (Å²) in [6.45, 7) is 2.46. The third-order valence-electron chi connectivity index (χ3n) is 4.25. The molecule has 9 heteroatoms. The number of amides is 1. The third-order valence-corrected chi connectivity index (χ3v) is 5.31. The highest BCUT2D eigenvalue weighted by Crippen LogP contribution is 2.31. The second kappa shape index (κ2) is 12.3. The number of nitrogens with one attached hydrogen (secondary N) is 1. The molecule has 0 saturated heterocycles. The van der Waals surface area contributed by atoms with Crippen LogP contribution in [0.4, 0.5) is 0 Å². The molecule has 0 spiro atoms. The van der Waals surface area contributed by atoms with E-state index in [1.165, 1.54) is 6.21 Å². The standard InChI is InChI=1S/C24H21Cl3N2O4/c1-2-31-22-12-17(8-11-20(22)32-14-16-6-9-18(25)10-7-16)13-28-29-23(30)15-33-21-5-3-4-19(26)24(21)27/h3-13H,2,14-15H2,1H3,(H,29,30)/b28-13+. The van der Waals surface area contributed by atoms with Gasteiger partial charge in [0, 0.05) is 5.02 Å². The summed E-state index contributed by atoms with van der Waals surface area (Å²) in [5, 5.41) is 5.22. The molecule has 3 rings (SSSR count). The quantitative estimate of drug-likeness (QED) is 0.264. The second-order valence-corrected chi connectivity index (χ2v) is 7.91.